The van der Waals surface area contributed by atoms with Crippen molar-refractivity contribution in [2.45, 2.75) is 205 Å². The zero-order valence-corrected chi connectivity index (χ0v) is 45.5. The van der Waals surface area contributed by atoms with Crippen LogP contribution in [-0.2, 0) is 46.3 Å². The number of carbonyl (C=O) groups is 2. The van der Waals surface area contributed by atoms with Gasteiger partial charge in [-0.1, -0.05) is 151 Å². The number of rotatable bonds is 43. The van der Waals surface area contributed by atoms with Crippen molar-refractivity contribution in [3.05, 3.63) is 95.7 Å². The summed E-state index contributed by atoms with van der Waals surface area (Å²) in [6, 6.07) is 1.24. The number of ether oxygens (including phenoxy) is 3. The fraction of sp³-hybridized carbons (Fsp3) is 0.660. The quantitative estimate of drug-likeness (QED) is 0.0117. The van der Waals surface area contributed by atoms with Crippen LogP contribution in [0.4, 0.5) is 5.82 Å². The lowest BCUT2D eigenvalue weighted by atomic mass is 10.1. The number of anilines is 1. The minimum Gasteiger partial charge on any atom is -0.462 e. The second-order valence-corrected chi connectivity index (χ2v) is 21.2. The van der Waals surface area contributed by atoms with Crippen molar-refractivity contribution in [2.24, 2.45) is 0 Å². The number of hydrogen-bond donors (Lipinski definition) is 6. The number of nitrogens with two attached hydrogens (primary N) is 1. The first-order valence-electron chi connectivity index (χ1n) is 26.6. The Labute approximate surface area is 438 Å². The van der Waals surface area contributed by atoms with Crippen LogP contribution in [0.15, 0.2) is 90.0 Å². The molecule has 1 fully saturated rings. The van der Waals surface area contributed by atoms with Crippen molar-refractivity contribution < 1.29 is 71.4 Å². The summed E-state index contributed by atoms with van der Waals surface area (Å²) < 4.78 is 56.8. The van der Waals surface area contributed by atoms with Crippen LogP contribution >= 0.6 is 15.6 Å². The molecule has 7 N–H and O–H groups in total. The molecule has 0 bridgehead atoms. The van der Waals surface area contributed by atoms with Crippen LogP contribution < -0.4 is 11.4 Å². The van der Waals surface area contributed by atoms with E-state index in [1.165, 1.54) is 31.7 Å². The summed E-state index contributed by atoms with van der Waals surface area (Å²) in [5, 5.41) is 30.9. The van der Waals surface area contributed by atoms with E-state index in [0.717, 1.165) is 107 Å². The number of phosphoric acid groups is 2. The van der Waals surface area contributed by atoms with Crippen molar-refractivity contribution in [1.29, 1.82) is 0 Å². The van der Waals surface area contributed by atoms with Gasteiger partial charge >= 0.3 is 33.3 Å². The van der Waals surface area contributed by atoms with Crippen LogP contribution in [0.5, 0.6) is 0 Å². The summed E-state index contributed by atoms with van der Waals surface area (Å²) in [4.78, 5) is 62.0. The average molecular weight is 1080 g/mol. The molecular formula is C53H87N3O16P2. The highest BCUT2D eigenvalue weighted by atomic mass is 31.3. The maximum atomic E-state index is 12.9. The Kier molecular flexibility index (Phi) is 36.2. The van der Waals surface area contributed by atoms with Crippen LogP contribution in [0.2, 0.25) is 0 Å². The third kappa shape index (κ3) is 32.6. The fourth-order valence-electron chi connectivity index (χ4n) is 7.47. The molecule has 2 rings (SSSR count). The van der Waals surface area contributed by atoms with Crippen molar-refractivity contribution in [2.75, 3.05) is 25.6 Å². The lowest BCUT2D eigenvalue weighted by Crippen LogP contribution is -2.36. The predicted octanol–water partition coefficient (Wildman–Crippen LogP) is 10.3. The number of unbranched alkanes of at least 4 members (excludes halogenated alkanes) is 15. The summed E-state index contributed by atoms with van der Waals surface area (Å²) in [5.41, 5.74) is 4.58. The van der Waals surface area contributed by atoms with Crippen LogP contribution in [0.3, 0.4) is 0 Å². The molecular weight excluding hydrogens is 997 g/mol. The highest BCUT2D eigenvalue weighted by Crippen LogP contribution is 2.60. The van der Waals surface area contributed by atoms with Gasteiger partial charge in [0, 0.05) is 19.0 Å². The maximum Gasteiger partial charge on any atom is 0.481 e. The number of carbonyl (C=O) groups excluding carboxylic acids is 2. The van der Waals surface area contributed by atoms with Gasteiger partial charge in [-0.15, -0.1) is 0 Å². The first-order chi connectivity index (χ1) is 35.6. The van der Waals surface area contributed by atoms with E-state index < -0.39 is 89.8 Å². The first kappa shape index (κ1) is 66.3. The molecule has 19 nitrogen and oxygen atoms in total. The smallest absolute Gasteiger partial charge is 0.462 e. The maximum absolute atomic E-state index is 12.9. The van der Waals surface area contributed by atoms with Gasteiger partial charge in [0.05, 0.1) is 19.3 Å². The van der Waals surface area contributed by atoms with E-state index in [0.29, 0.717) is 19.3 Å². The molecule has 2 heterocycles. The number of allylic oxidation sites excluding steroid dienone is 10. The van der Waals surface area contributed by atoms with E-state index in [2.05, 4.69) is 52.7 Å². The Hall–Kier alpha value is -3.84. The number of aromatic nitrogens is 2. The normalized spacial score (nSPS) is 19.9. The van der Waals surface area contributed by atoms with Crippen molar-refractivity contribution in [3.8, 4) is 0 Å². The Morgan fingerprint density at radius 2 is 1.30 bits per heavy atom. The number of nitrogen functional groups attached to an aromatic ring is 1. The van der Waals surface area contributed by atoms with Crippen LogP contribution in [0, 0.1) is 0 Å². The van der Waals surface area contributed by atoms with E-state index in [9.17, 15) is 48.6 Å². The van der Waals surface area contributed by atoms with Gasteiger partial charge in [-0.05, 0) is 83.1 Å². The molecule has 0 spiro atoms. The zero-order valence-electron chi connectivity index (χ0n) is 43.7. The summed E-state index contributed by atoms with van der Waals surface area (Å²) in [5.74, 6) is -1.37. The molecule has 21 heteroatoms. The second-order valence-electron chi connectivity index (χ2n) is 18.2. The summed E-state index contributed by atoms with van der Waals surface area (Å²) in [7, 11) is -10.9. The van der Waals surface area contributed by atoms with Crippen LogP contribution in [0.1, 0.15) is 174 Å². The minimum atomic E-state index is -5.45. The van der Waals surface area contributed by atoms with Gasteiger partial charge < -0.3 is 45.1 Å². The van der Waals surface area contributed by atoms with Gasteiger partial charge in [-0.25, -0.2) is 13.9 Å². The monoisotopic (exact) mass is 1080 g/mol. The molecule has 0 radical (unpaired) electrons. The molecule has 0 saturated carbocycles. The number of hydrogen-bond acceptors (Lipinski definition) is 16. The first-order valence-corrected chi connectivity index (χ1v) is 29.5. The lowest BCUT2D eigenvalue weighted by molar-refractivity contribution is -0.161. The third-order valence-corrected chi connectivity index (χ3v) is 14.2. The summed E-state index contributed by atoms with van der Waals surface area (Å²) >= 11 is 0. The zero-order chi connectivity index (χ0) is 54.3. The lowest BCUT2D eigenvalue weighted by Gasteiger charge is -2.21. The third-order valence-electron chi connectivity index (χ3n) is 11.6. The molecule has 3 unspecified atom stereocenters. The number of esters is 2. The Morgan fingerprint density at radius 3 is 1.92 bits per heavy atom. The van der Waals surface area contributed by atoms with Gasteiger partial charge in [-0.2, -0.15) is 9.29 Å². The molecule has 1 saturated heterocycles. The van der Waals surface area contributed by atoms with Crippen LogP contribution in [0.25, 0.3) is 0 Å². The number of phosphoric ester groups is 2. The second kappa shape index (κ2) is 40.4. The molecule has 1 aliphatic rings. The van der Waals surface area contributed by atoms with E-state index >= 15 is 0 Å². The van der Waals surface area contributed by atoms with E-state index in [1.54, 1.807) is 6.08 Å². The molecule has 1 aromatic rings. The summed E-state index contributed by atoms with van der Waals surface area (Å²) in [6.45, 7) is 1.89. The van der Waals surface area contributed by atoms with Crippen molar-refractivity contribution in [1.82, 2.24) is 9.55 Å². The van der Waals surface area contributed by atoms with E-state index in [-0.39, 0.29) is 18.7 Å². The standard InChI is InChI=1S/C53H87N3O16P2/c1-3-5-7-8-9-10-11-12-13-14-15-16-17-18-19-20-23-27-30-34-38-49(59)70-45(41-67-48(58)37-33-29-26-24-21-22-25-28-32-36-44(57)35-31-6-4-2)42-68-73(63,64)72-74(65,66)69-43-46-50(60)51(61)52(71-46)56-40-39-47(54)55-53(56)62/h6,10-11,13-14,16-17,25,28,31-32,36,39-40,44-46,50-52,57,60-61H,3-5,7-9,12,15,18-24,26-27,29-30,33-35,37-38,41-43H2,1-2H3,(H,63,64)(H,65,66)(H2,54,55,62)/b11-10-,14-13-,17-16-,28-25+,31-6+,36-32+/t44?,45-,46-,50-,51-,52-/m1/s1. The van der Waals surface area contributed by atoms with Crippen molar-refractivity contribution in [3.63, 3.8) is 0 Å². The number of nitrogens with zero attached hydrogens (tertiary/aromatic N) is 2. The number of aliphatic hydroxyl groups excluding tert-OH is 3. The largest absolute Gasteiger partial charge is 0.481 e. The van der Waals surface area contributed by atoms with Crippen molar-refractivity contribution >= 4 is 33.4 Å². The Morgan fingerprint density at radius 1 is 0.730 bits per heavy atom. The fourth-order valence-corrected chi connectivity index (χ4v) is 9.58. The van der Waals surface area contributed by atoms with Gasteiger partial charge in [0.15, 0.2) is 12.3 Å². The molecule has 0 aliphatic carbocycles. The molecule has 420 valence electrons. The average Bonchev–Trinajstić information content (AvgIpc) is 3.63. The molecule has 0 aromatic carbocycles. The topological polar surface area (TPSA) is 286 Å². The van der Waals surface area contributed by atoms with Gasteiger partial charge in [-0.3, -0.25) is 23.2 Å². The molecule has 0 amide bonds. The minimum absolute atomic E-state index is 0.0170. The molecule has 1 aliphatic heterocycles. The van der Waals surface area contributed by atoms with E-state index in [1.807, 2.05) is 37.3 Å². The van der Waals surface area contributed by atoms with Crippen LogP contribution in [-0.4, -0.2) is 96.9 Å². The Balaban J connectivity index is 1.81. The van der Waals surface area contributed by atoms with Gasteiger partial charge in [0.25, 0.3) is 0 Å². The summed E-state index contributed by atoms with van der Waals surface area (Å²) in [6.07, 6.45) is 38.7. The van der Waals surface area contributed by atoms with Gasteiger partial charge in [0.2, 0.25) is 0 Å². The number of aliphatic hydroxyl groups is 3. The predicted molar refractivity (Wildman–Crippen MR) is 285 cm³/mol. The van der Waals surface area contributed by atoms with E-state index in [4.69, 9.17) is 29.0 Å². The van der Waals surface area contributed by atoms with Gasteiger partial charge in [0.1, 0.15) is 30.7 Å². The molecule has 8 atom stereocenters. The molecule has 1 aromatic heterocycles. The highest BCUT2D eigenvalue weighted by molar-refractivity contribution is 7.61. The highest BCUT2D eigenvalue weighted by Gasteiger charge is 2.46. The molecule has 74 heavy (non-hydrogen) atoms. The Bertz CT molecular complexity index is 2040. The SMILES string of the molecule is CC/C=C/CC(O)/C=C/C=C/CCCCCCCC(=O)OC[C@H](COP(=O)(O)OP(=O)(O)OC[C@H]1O[C@@H](n2ccc(N)nc2=O)[C@H](O)[C@@H]1O)OC(=O)CCCCCCCC/C=C\C/C=C\C/C=C\CCCCCC.